The number of hydrogen-bond donors (Lipinski definition) is 1. The molecule has 0 bridgehead atoms. The summed E-state index contributed by atoms with van der Waals surface area (Å²) >= 11 is 1.50. The minimum absolute atomic E-state index is 0.335. The highest BCUT2D eigenvalue weighted by Gasteiger charge is 2.16. The Morgan fingerprint density at radius 1 is 1.28 bits per heavy atom. The van der Waals surface area contributed by atoms with E-state index in [1.807, 2.05) is 12.3 Å². The highest BCUT2D eigenvalue weighted by atomic mass is 32.1. The number of halogens is 2. The fourth-order valence-electron chi connectivity index (χ4n) is 1.76. The van der Waals surface area contributed by atoms with Crippen LogP contribution in [0.1, 0.15) is 27.9 Å². The van der Waals surface area contributed by atoms with Gasteiger partial charge in [0, 0.05) is 35.2 Å². The van der Waals surface area contributed by atoms with Crippen molar-refractivity contribution in [1.82, 2.24) is 4.98 Å². The van der Waals surface area contributed by atoms with Gasteiger partial charge < -0.3 is 5.73 Å². The molecule has 1 aromatic carbocycles. The summed E-state index contributed by atoms with van der Waals surface area (Å²) in [6.07, 6.45) is 0.459. The predicted octanol–water partition coefficient (Wildman–Crippen LogP) is 3.28. The minimum atomic E-state index is -0.598. The topological polar surface area (TPSA) is 38.9 Å². The largest absolute Gasteiger partial charge is 0.324 e. The van der Waals surface area contributed by atoms with E-state index in [-0.39, 0.29) is 0 Å². The number of aromatic nitrogens is 1. The lowest BCUT2D eigenvalue weighted by Gasteiger charge is -2.12. The van der Waals surface area contributed by atoms with Gasteiger partial charge in [0.15, 0.2) is 0 Å². The van der Waals surface area contributed by atoms with Crippen LogP contribution in [0.5, 0.6) is 0 Å². The minimum Gasteiger partial charge on any atom is -0.324 e. The van der Waals surface area contributed by atoms with Gasteiger partial charge in [-0.05, 0) is 25.5 Å². The van der Waals surface area contributed by atoms with Crippen LogP contribution in [0.3, 0.4) is 0 Å². The zero-order valence-electron chi connectivity index (χ0n) is 10.2. The maximum Gasteiger partial charge on any atom is 0.130 e. The van der Waals surface area contributed by atoms with E-state index < -0.39 is 17.7 Å². The van der Waals surface area contributed by atoms with Crippen LogP contribution in [0.15, 0.2) is 17.5 Å². The molecule has 2 aromatic rings. The number of benzene rings is 1. The number of nitrogens with zero attached hydrogens (tertiary/aromatic N) is 1. The Labute approximate surface area is 108 Å². The monoisotopic (exact) mass is 268 g/mol. The zero-order chi connectivity index (χ0) is 13.3. The van der Waals surface area contributed by atoms with Crippen LogP contribution in [-0.4, -0.2) is 4.98 Å². The molecule has 0 radical (unpaired) electrons. The number of rotatable bonds is 3. The van der Waals surface area contributed by atoms with E-state index in [0.29, 0.717) is 17.5 Å². The molecule has 18 heavy (non-hydrogen) atoms. The lowest BCUT2D eigenvalue weighted by atomic mass is 10.0. The SMILES string of the molecule is Cc1csc(CC(N)c2cc(C)c(F)cc2F)n1. The molecule has 0 aliphatic rings. The first-order valence-electron chi connectivity index (χ1n) is 5.59. The van der Waals surface area contributed by atoms with Crippen LogP contribution in [-0.2, 0) is 6.42 Å². The quantitative estimate of drug-likeness (QED) is 0.927. The molecule has 0 saturated heterocycles. The van der Waals surface area contributed by atoms with Crippen LogP contribution < -0.4 is 5.73 Å². The zero-order valence-corrected chi connectivity index (χ0v) is 11.0. The summed E-state index contributed by atoms with van der Waals surface area (Å²) in [6.45, 7) is 3.49. The third kappa shape index (κ3) is 2.73. The molecule has 2 rings (SSSR count). The molecule has 0 aliphatic heterocycles. The summed E-state index contributed by atoms with van der Waals surface area (Å²) in [5.41, 5.74) is 7.62. The van der Waals surface area contributed by atoms with Gasteiger partial charge in [-0.15, -0.1) is 11.3 Å². The van der Waals surface area contributed by atoms with Gasteiger partial charge in [-0.2, -0.15) is 0 Å². The van der Waals surface area contributed by atoms with Gasteiger partial charge in [-0.1, -0.05) is 0 Å². The fourth-order valence-corrected chi connectivity index (χ4v) is 2.59. The van der Waals surface area contributed by atoms with E-state index >= 15 is 0 Å². The number of aryl methyl sites for hydroxylation is 2. The molecule has 1 atom stereocenters. The van der Waals surface area contributed by atoms with Crippen molar-refractivity contribution in [2.45, 2.75) is 26.3 Å². The molecule has 96 valence electrons. The van der Waals surface area contributed by atoms with Crippen LogP contribution in [0, 0.1) is 25.5 Å². The maximum absolute atomic E-state index is 13.7. The standard InChI is InChI=1S/C13H14F2N2S/c1-7-3-9(11(15)4-10(7)14)12(16)5-13-17-8(2)6-18-13/h3-4,6,12H,5,16H2,1-2H3. The number of nitrogens with two attached hydrogens (primary N) is 1. The average Bonchev–Trinajstić information content (AvgIpc) is 2.69. The van der Waals surface area contributed by atoms with Crippen molar-refractivity contribution in [3.63, 3.8) is 0 Å². The van der Waals surface area contributed by atoms with Crippen LogP contribution >= 0.6 is 11.3 Å². The fraction of sp³-hybridized carbons (Fsp3) is 0.308. The maximum atomic E-state index is 13.7. The van der Waals surface area contributed by atoms with Crippen LogP contribution in [0.25, 0.3) is 0 Å². The first-order chi connectivity index (χ1) is 8.47. The van der Waals surface area contributed by atoms with Gasteiger partial charge in [0.25, 0.3) is 0 Å². The van der Waals surface area contributed by atoms with Gasteiger partial charge in [-0.25, -0.2) is 13.8 Å². The number of hydrogen-bond acceptors (Lipinski definition) is 3. The van der Waals surface area contributed by atoms with E-state index in [2.05, 4.69) is 4.98 Å². The van der Waals surface area contributed by atoms with Gasteiger partial charge in [0.1, 0.15) is 11.6 Å². The van der Waals surface area contributed by atoms with E-state index in [0.717, 1.165) is 16.8 Å². The van der Waals surface area contributed by atoms with Gasteiger partial charge >= 0.3 is 0 Å². The number of thiazole rings is 1. The van der Waals surface area contributed by atoms with E-state index in [1.54, 1.807) is 6.92 Å². The van der Waals surface area contributed by atoms with E-state index in [9.17, 15) is 8.78 Å². The van der Waals surface area contributed by atoms with Gasteiger partial charge in [0.2, 0.25) is 0 Å². The molecule has 0 aliphatic carbocycles. The lowest BCUT2D eigenvalue weighted by Crippen LogP contribution is -2.15. The third-order valence-electron chi connectivity index (χ3n) is 2.74. The smallest absolute Gasteiger partial charge is 0.130 e. The molecule has 0 spiro atoms. The van der Waals surface area contributed by atoms with Crippen molar-refractivity contribution < 1.29 is 8.78 Å². The Hall–Kier alpha value is -1.33. The molecule has 2 nitrogen and oxygen atoms in total. The Morgan fingerprint density at radius 2 is 2.00 bits per heavy atom. The average molecular weight is 268 g/mol. The molecule has 1 unspecified atom stereocenters. The Bertz CT molecular complexity index is 566. The second-order valence-corrected chi connectivity index (χ2v) is 5.26. The molecular formula is C13H14F2N2S. The van der Waals surface area contributed by atoms with Crippen LogP contribution in [0.2, 0.25) is 0 Å². The molecule has 0 saturated carbocycles. The highest BCUT2D eigenvalue weighted by molar-refractivity contribution is 7.09. The van der Waals surface area contributed by atoms with E-state index in [4.69, 9.17) is 5.73 Å². The predicted molar refractivity (Wildman–Crippen MR) is 68.6 cm³/mol. The van der Waals surface area contributed by atoms with Crippen molar-refractivity contribution in [2.24, 2.45) is 5.73 Å². The summed E-state index contributed by atoms with van der Waals surface area (Å²) in [5.74, 6) is -1.15. The van der Waals surface area contributed by atoms with Crippen molar-refractivity contribution in [3.05, 3.63) is 51.0 Å². The van der Waals surface area contributed by atoms with Crippen LogP contribution in [0.4, 0.5) is 8.78 Å². The highest BCUT2D eigenvalue weighted by Crippen LogP contribution is 2.23. The second-order valence-electron chi connectivity index (χ2n) is 4.32. The first-order valence-corrected chi connectivity index (χ1v) is 6.47. The molecular weight excluding hydrogens is 254 g/mol. The molecule has 1 aromatic heterocycles. The first kappa shape index (κ1) is 13.1. The van der Waals surface area contributed by atoms with Crippen molar-refractivity contribution in [3.8, 4) is 0 Å². The van der Waals surface area contributed by atoms with Gasteiger partial charge in [-0.3, -0.25) is 0 Å². The normalized spacial score (nSPS) is 12.7. The molecule has 2 N–H and O–H groups in total. The summed E-state index contributed by atoms with van der Waals surface area (Å²) in [7, 11) is 0. The summed E-state index contributed by atoms with van der Waals surface area (Å²) in [6, 6.07) is 1.85. The van der Waals surface area contributed by atoms with Crippen molar-refractivity contribution >= 4 is 11.3 Å². The van der Waals surface area contributed by atoms with Crippen molar-refractivity contribution in [2.75, 3.05) is 0 Å². The lowest BCUT2D eigenvalue weighted by molar-refractivity contribution is 0.549. The van der Waals surface area contributed by atoms with Crippen molar-refractivity contribution in [1.29, 1.82) is 0 Å². The summed E-state index contributed by atoms with van der Waals surface area (Å²) in [4.78, 5) is 4.29. The Balaban J connectivity index is 2.23. The molecule has 0 fully saturated rings. The Kier molecular flexibility index (Phi) is 3.73. The second kappa shape index (κ2) is 5.12. The molecule has 5 heteroatoms. The third-order valence-corrected chi connectivity index (χ3v) is 3.73. The Morgan fingerprint density at radius 3 is 2.61 bits per heavy atom. The summed E-state index contributed by atoms with van der Waals surface area (Å²) < 4.78 is 26.8. The van der Waals surface area contributed by atoms with E-state index in [1.165, 1.54) is 17.4 Å². The summed E-state index contributed by atoms with van der Waals surface area (Å²) in [5, 5.41) is 2.79. The molecule has 1 heterocycles. The molecule has 0 amide bonds. The van der Waals surface area contributed by atoms with Gasteiger partial charge in [0.05, 0.1) is 5.01 Å².